The highest BCUT2D eigenvalue weighted by Crippen LogP contribution is 2.45. The minimum Gasteiger partial charge on any atom is -0.460 e. The van der Waals surface area contributed by atoms with E-state index < -0.39 is 41.1 Å². The smallest absolute Gasteiger partial charge is 0.328 e. The van der Waals surface area contributed by atoms with Crippen molar-refractivity contribution >= 4 is 29.7 Å². The van der Waals surface area contributed by atoms with Gasteiger partial charge in [0.25, 0.3) is 11.8 Å². The van der Waals surface area contributed by atoms with Crippen LogP contribution in [0.3, 0.4) is 0 Å². The number of carbonyl (C=O) groups excluding carboxylic acids is 5. The van der Waals surface area contributed by atoms with Crippen LogP contribution >= 0.6 is 0 Å². The fraction of sp³-hybridized carbons (Fsp3) is 0.146. The van der Waals surface area contributed by atoms with Crippen LogP contribution in [-0.4, -0.2) is 41.9 Å². The molecule has 1 unspecified atom stereocenters. The van der Waals surface area contributed by atoms with Gasteiger partial charge in [-0.1, -0.05) is 127 Å². The summed E-state index contributed by atoms with van der Waals surface area (Å²) in [5, 5.41) is 0.357. The van der Waals surface area contributed by atoms with Crippen LogP contribution in [0.4, 0.5) is 0 Å². The third-order valence-corrected chi connectivity index (χ3v) is 8.56. The molecule has 0 saturated heterocycles. The molecule has 5 aromatic carbocycles. The zero-order valence-corrected chi connectivity index (χ0v) is 27.6. The summed E-state index contributed by atoms with van der Waals surface area (Å²) >= 11 is 0. The summed E-state index contributed by atoms with van der Waals surface area (Å²) in [5.74, 6) is -8.28. The van der Waals surface area contributed by atoms with E-state index in [9.17, 15) is 24.0 Å². The maximum atomic E-state index is 14.8. The first-order valence-corrected chi connectivity index (χ1v) is 16.1. The monoisotopic (exact) mass is 683 g/mol. The maximum absolute atomic E-state index is 14.8. The number of imide groups is 1. The van der Waals surface area contributed by atoms with Crippen LogP contribution in [0, 0.1) is 5.92 Å². The van der Waals surface area contributed by atoms with Crippen molar-refractivity contribution in [2.24, 2.45) is 5.92 Å². The van der Waals surface area contributed by atoms with Crippen LogP contribution in [0.25, 0.3) is 11.1 Å². The van der Waals surface area contributed by atoms with E-state index in [2.05, 4.69) is 0 Å². The number of hydrogen-bond donors (Lipinski definition) is 0. The predicted octanol–water partition coefficient (Wildman–Crippen LogP) is 5.98. The van der Waals surface area contributed by atoms with E-state index in [1.54, 1.807) is 121 Å². The molecule has 0 saturated carbocycles. The van der Waals surface area contributed by atoms with Gasteiger partial charge in [-0.2, -0.15) is 0 Å². The van der Waals surface area contributed by atoms with Crippen molar-refractivity contribution < 1.29 is 43.0 Å². The van der Waals surface area contributed by atoms with Crippen LogP contribution in [-0.2, 0) is 63.5 Å². The molecule has 0 radical (unpaired) electrons. The van der Waals surface area contributed by atoms with Crippen LogP contribution in [0.1, 0.15) is 32.6 Å². The Labute approximate surface area is 294 Å². The first-order chi connectivity index (χ1) is 24.8. The number of benzene rings is 5. The lowest BCUT2D eigenvalue weighted by molar-refractivity contribution is -0.191. The van der Waals surface area contributed by atoms with Gasteiger partial charge in [0.15, 0.2) is 11.3 Å². The van der Waals surface area contributed by atoms with Gasteiger partial charge in [-0.3, -0.25) is 28.8 Å². The Kier molecular flexibility index (Phi) is 10.4. The third kappa shape index (κ3) is 7.03. The molecule has 10 nitrogen and oxygen atoms in total. The number of hydroxylamine groups is 2. The van der Waals surface area contributed by atoms with Crippen molar-refractivity contribution in [1.29, 1.82) is 0 Å². The summed E-state index contributed by atoms with van der Waals surface area (Å²) < 4.78 is 17.2. The minimum absolute atomic E-state index is 0.162. The molecule has 1 aliphatic heterocycles. The Morgan fingerprint density at radius 1 is 0.588 bits per heavy atom. The summed E-state index contributed by atoms with van der Waals surface area (Å²) in [4.78, 5) is 77.5. The molecule has 6 rings (SSSR count). The van der Waals surface area contributed by atoms with Crippen LogP contribution in [0.15, 0.2) is 140 Å². The van der Waals surface area contributed by atoms with E-state index in [4.69, 9.17) is 19.0 Å². The summed E-state index contributed by atoms with van der Waals surface area (Å²) in [7, 11) is 1.07. The second kappa shape index (κ2) is 15.4. The molecular weight excluding hydrogens is 650 g/mol. The van der Waals surface area contributed by atoms with E-state index in [-0.39, 0.29) is 30.9 Å². The first-order valence-electron chi connectivity index (χ1n) is 16.1. The lowest BCUT2D eigenvalue weighted by Crippen LogP contribution is -2.64. The first kappa shape index (κ1) is 34.5. The SMILES string of the molecule is CON1C(=O)c2ccc(-c3ccccc3)cc2C(C(=O)OCc2ccccc2)(C(C(=O)OCc2ccccc2)C(=O)OCc2ccccc2)C1=O. The highest BCUT2D eigenvalue weighted by molar-refractivity contribution is 6.25. The van der Waals surface area contributed by atoms with Crippen molar-refractivity contribution in [3.63, 3.8) is 0 Å². The Morgan fingerprint density at radius 3 is 1.51 bits per heavy atom. The minimum atomic E-state index is -2.83. The second-order valence-corrected chi connectivity index (χ2v) is 11.7. The molecule has 0 fully saturated rings. The molecule has 2 amide bonds. The summed E-state index contributed by atoms with van der Waals surface area (Å²) in [5.41, 5.74) is -0.326. The van der Waals surface area contributed by atoms with E-state index in [1.807, 2.05) is 6.07 Å². The Hall–Kier alpha value is -6.39. The number of nitrogens with zero attached hydrogens (tertiary/aromatic N) is 1. The number of fused-ring (bicyclic) bond motifs is 1. The van der Waals surface area contributed by atoms with Gasteiger partial charge in [0.1, 0.15) is 19.8 Å². The van der Waals surface area contributed by atoms with Gasteiger partial charge in [-0.15, -0.1) is 5.06 Å². The van der Waals surface area contributed by atoms with E-state index in [0.29, 0.717) is 32.9 Å². The molecule has 0 aromatic heterocycles. The fourth-order valence-electron chi connectivity index (χ4n) is 6.01. The molecule has 256 valence electrons. The van der Waals surface area contributed by atoms with Crippen molar-refractivity contribution in [2.75, 3.05) is 7.11 Å². The van der Waals surface area contributed by atoms with Crippen LogP contribution in [0.5, 0.6) is 0 Å². The Balaban J connectivity index is 1.55. The number of amides is 2. The molecule has 10 heteroatoms. The summed E-state index contributed by atoms with van der Waals surface area (Å²) in [6, 6.07) is 39.5. The largest absolute Gasteiger partial charge is 0.460 e. The maximum Gasteiger partial charge on any atom is 0.328 e. The van der Waals surface area contributed by atoms with Crippen LogP contribution in [0.2, 0.25) is 0 Å². The molecule has 51 heavy (non-hydrogen) atoms. The van der Waals surface area contributed by atoms with Gasteiger partial charge in [0.05, 0.1) is 7.11 Å². The van der Waals surface area contributed by atoms with Crippen molar-refractivity contribution in [1.82, 2.24) is 5.06 Å². The van der Waals surface area contributed by atoms with Crippen molar-refractivity contribution in [2.45, 2.75) is 25.2 Å². The number of rotatable bonds is 12. The van der Waals surface area contributed by atoms with E-state index in [0.717, 1.165) is 7.11 Å². The molecule has 0 aliphatic carbocycles. The highest BCUT2D eigenvalue weighted by atomic mass is 16.7. The summed E-state index contributed by atoms with van der Waals surface area (Å²) in [6.07, 6.45) is 0. The molecule has 0 N–H and O–H groups in total. The van der Waals surface area contributed by atoms with Gasteiger partial charge in [0, 0.05) is 5.56 Å². The van der Waals surface area contributed by atoms with Crippen molar-refractivity contribution in [3.05, 3.63) is 167 Å². The quantitative estimate of drug-likeness (QED) is 0.0676. The molecule has 0 bridgehead atoms. The summed E-state index contributed by atoms with van der Waals surface area (Å²) in [6.45, 7) is -0.918. The number of hydrogen-bond acceptors (Lipinski definition) is 9. The predicted molar refractivity (Wildman–Crippen MR) is 184 cm³/mol. The third-order valence-electron chi connectivity index (χ3n) is 8.56. The molecular formula is C41H33NO9. The molecule has 5 aromatic rings. The normalized spacial score (nSPS) is 15.2. The number of carbonyl (C=O) groups is 5. The van der Waals surface area contributed by atoms with E-state index in [1.165, 1.54) is 12.1 Å². The zero-order chi connectivity index (χ0) is 35.8. The fourth-order valence-corrected chi connectivity index (χ4v) is 6.01. The van der Waals surface area contributed by atoms with Crippen molar-refractivity contribution in [3.8, 4) is 11.1 Å². The lowest BCUT2D eigenvalue weighted by atomic mass is 9.65. The van der Waals surface area contributed by atoms with Gasteiger partial charge in [0.2, 0.25) is 0 Å². The Bertz CT molecular complexity index is 1980. The molecule has 1 heterocycles. The molecule has 1 atom stereocenters. The standard InChI is InChI=1S/C41H33NO9/c1-48-42-36(43)33-23-22-32(31-20-12-5-13-21-31)24-34(33)41(39(42)46,40(47)51-27-30-18-10-4-11-19-30)35(37(44)49-25-28-14-6-2-7-15-28)38(45)50-26-29-16-8-3-9-17-29/h2-24,35H,25-27H2,1H3. The molecule has 1 aliphatic rings. The van der Waals surface area contributed by atoms with Gasteiger partial charge < -0.3 is 14.2 Å². The average molecular weight is 684 g/mol. The van der Waals surface area contributed by atoms with Gasteiger partial charge in [-0.05, 0) is 45.5 Å². The molecule has 0 spiro atoms. The number of esters is 3. The zero-order valence-electron chi connectivity index (χ0n) is 27.6. The second-order valence-electron chi connectivity index (χ2n) is 11.7. The van der Waals surface area contributed by atoms with Crippen LogP contribution < -0.4 is 0 Å². The topological polar surface area (TPSA) is 126 Å². The number of ether oxygens (including phenoxy) is 3. The van der Waals surface area contributed by atoms with E-state index >= 15 is 0 Å². The average Bonchev–Trinajstić information content (AvgIpc) is 3.18. The Morgan fingerprint density at radius 2 is 1.04 bits per heavy atom. The highest BCUT2D eigenvalue weighted by Gasteiger charge is 2.67. The van der Waals surface area contributed by atoms with Gasteiger partial charge in [-0.25, -0.2) is 0 Å². The lowest BCUT2D eigenvalue weighted by Gasteiger charge is -2.41. The van der Waals surface area contributed by atoms with Gasteiger partial charge >= 0.3 is 17.9 Å².